The second-order valence-electron chi connectivity index (χ2n) is 6.87. The lowest BCUT2D eigenvalue weighted by Gasteiger charge is -2.20. The van der Waals surface area contributed by atoms with E-state index in [4.69, 9.17) is 10.5 Å². The first kappa shape index (κ1) is 23.0. The van der Waals surface area contributed by atoms with Gasteiger partial charge < -0.3 is 20.9 Å². The van der Waals surface area contributed by atoms with Gasteiger partial charge in [-0.2, -0.15) is 8.75 Å². The number of aromatic nitrogens is 2. The van der Waals surface area contributed by atoms with E-state index in [-0.39, 0.29) is 35.0 Å². The van der Waals surface area contributed by atoms with Crippen LogP contribution < -0.4 is 15.8 Å². The van der Waals surface area contributed by atoms with E-state index in [1.165, 1.54) is 32.2 Å². The second kappa shape index (κ2) is 10.1. The number of halogens is 1. The summed E-state index contributed by atoms with van der Waals surface area (Å²) in [5.74, 6) is -1.05. The molecule has 32 heavy (non-hydrogen) atoms. The molecule has 0 spiro atoms. The Morgan fingerprint density at radius 1 is 1.28 bits per heavy atom. The summed E-state index contributed by atoms with van der Waals surface area (Å²) in [6.07, 6.45) is 1.13. The molecule has 0 bridgehead atoms. The first-order valence-corrected chi connectivity index (χ1v) is 10.2. The zero-order chi connectivity index (χ0) is 23.3. The topological polar surface area (TPSA) is 127 Å². The average molecular weight is 456 g/mol. The van der Waals surface area contributed by atoms with E-state index in [1.807, 2.05) is 0 Å². The highest BCUT2D eigenvalue weighted by molar-refractivity contribution is 6.99. The highest BCUT2D eigenvalue weighted by Gasteiger charge is 2.29. The molecule has 1 heterocycles. The monoisotopic (exact) mass is 456 g/mol. The van der Waals surface area contributed by atoms with Gasteiger partial charge in [0.15, 0.2) is 11.5 Å². The van der Waals surface area contributed by atoms with Crippen molar-refractivity contribution in [1.82, 2.24) is 8.75 Å². The van der Waals surface area contributed by atoms with Crippen molar-refractivity contribution in [2.24, 2.45) is 5.73 Å². The number of ketones is 2. The van der Waals surface area contributed by atoms with Gasteiger partial charge in [-0.3, -0.25) is 9.59 Å². The molecule has 3 rings (SSSR count). The van der Waals surface area contributed by atoms with Gasteiger partial charge in [-0.15, -0.1) is 0 Å². The normalized spacial score (nSPS) is 12.3. The van der Waals surface area contributed by atoms with Gasteiger partial charge in [0, 0.05) is 29.1 Å². The number of aliphatic hydroxyl groups is 1. The van der Waals surface area contributed by atoms with Crippen LogP contribution in [0.4, 0.5) is 10.1 Å². The van der Waals surface area contributed by atoms with Crippen molar-refractivity contribution in [1.29, 1.82) is 0 Å². The zero-order valence-corrected chi connectivity index (χ0v) is 18.1. The fraction of sp³-hybridized carbons (Fsp3) is 0.182. The first-order chi connectivity index (χ1) is 15.3. The van der Waals surface area contributed by atoms with Gasteiger partial charge in [0.05, 0.1) is 25.4 Å². The molecular formula is C22H21FN4O4S. The van der Waals surface area contributed by atoms with Crippen molar-refractivity contribution >= 4 is 29.0 Å². The Hall–Kier alpha value is -3.63. The lowest BCUT2D eigenvalue weighted by molar-refractivity contribution is -0.112. The number of benzene rings is 2. The molecule has 0 saturated carbocycles. The van der Waals surface area contributed by atoms with Crippen LogP contribution in [0.25, 0.3) is 11.3 Å². The van der Waals surface area contributed by atoms with Gasteiger partial charge in [-0.05, 0) is 36.8 Å². The van der Waals surface area contributed by atoms with Gasteiger partial charge in [0.2, 0.25) is 5.78 Å². The highest BCUT2D eigenvalue weighted by Crippen LogP contribution is 2.28. The Bertz CT molecular complexity index is 1160. The number of nitrogens with two attached hydrogens (primary N) is 1. The highest BCUT2D eigenvalue weighted by atomic mass is 32.1. The molecule has 1 unspecified atom stereocenters. The van der Waals surface area contributed by atoms with E-state index in [0.29, 0.717) is 17.0 Å². The largest absolute Gasteiger partial charge is 0.497 e. The Morgan fingerprint density at radius 3 is 2.69 bits per heavy atom. The molecule has 8 nitrogen and oxygen atoms in total. The van der Waals surface area contributed by atoms with Gasteiger partial charge in [-0.25, -0.2) is 4.39 Å². The van der Waals surface area contributed by atoms with Gasteiger partial charge >= 0.3 is 0 Å². The van der Waals surface area contributed by atoms with Crippen molar-refractivity contribution in [2.45, 2.75) is 19.6 Å². The van der Waals surface area contributed by atoms with Crippen LogP contribution in [0.15, 0.2) is 54.2 Å². The summed E-state index contributed by atoms with van der Waals surface area (Å²) in [5.41, 5.74) is 7.12. The SMILES string of the molecule is COc1cc(CO)cc(NC(C(=O)c2nsnc2-c2ccccc2F)C(N)=CC(C)=O)c1. The number of nitrogens with one attached hydrogen (secondary N) is 1. The molecule has 0 aliphatic heterocycles. The summed E-state index contributed by atoms with van der Waals surface area (Å²) in [6.45, 7) is 1.05. The molecule has 1 aromatic heterocycles. The Balaban J connectivity index is 2.05. The number of aliphatic hydroxyl groups excluding tert-OH is 1. The lowest BCUT2D eigenvalue weighted by Crippen LogP contribution is -2.36. The molecule has 0 aliphatic carbocycles. The molecule has 166 valence electrons. The average Bonchev–Trinajstić information content (AvgIpc) is 3.26. The van der Waals surface area contributed by atoms with E-state index in [2.05, 4.69) is 14.1 Å². The number of hydrogen-bond donors (Lipinski definition) is 3. The van der Waals surface area contributed by atoms with Crippen LogP contribution in [-0.4, -0.2) is 38.6 Å². The fourth-order valence-corrected chi connectivity index (χ4v) is 3.62. The molecule has 0 radical (unpaired) electrons. The first-order valence-electron chi connectivity index (χ1n) is 9.48. The predicted octanol–water partition coefficient (Wildman–Crippen LogP) is 2.94. The summed E-state index contributed by atoms with van der Waals surface area (Å²) in [5, 5.41) is 12.5. The molecule has 4 N–H and O–H groups in total. The Labute approximate surface area is 187 Å². The molecule has 0 aliphatic rings. The van der Waals surface area contributed by atoms with Crippen LogP contribution in [-0.2, 0) is 11.4 Å². The molecule has 0 saturated heterocycles. The summed E-state index contributed by atoms with van der Waals surface area (Å²) >= 11 is 0.764. The number of allylic oxidation sites excluding steroid dienone is 1. The maximum atomic E-state index is 14.3. The number of carbonyl (C=O) groups excluding carboxylic acids is 2. The predicted molar refractivity (Wildman–Crippen MR) is 119 cm³/mol. The zero-order valence-electron chi connectivity index (χ0n) is 17.3. The summed E-state index contributed by atoms with van der Waals surface area (Å²) in [4.78, 5) is 25.1. The molecule has 3 aromatic rings. The van der Waals surface area contributed by atoms with Crippen LogP contribution in [0.3, 0.4) is 0 Å². The van der Waals surface area contributed by atoms with E-state index in [0.717, 1.165) is 17.8 Å². The van der Waals surface area contributed by atoms with Crippen molar-refractivity contribution in [2.75, 3.05) is 12.4 Å². The van der Waals surface area contributed by atoms with Crippen LogP contribution in [0.1, 0.15) is 23.0 Å². The molecule has 2 aromatic carbocycles. The number of anilines is 1. The number of ether oxygens (including phenoxy) is 1. The quantitative estimate of drug-likeness (QED) is 0.331. The third-order valence-electron chi connectivity index (χ3n) is 4.51. The molecule has 0 amide bonds. The van der Waals surface area contributed by atoms with Crippen LogP contribution >= 0.6 is 11.7 Å². The standard InChI is InChI=1S/C22H21FN4O4S/c1-12(29)7-18(24)20(25-14-8-13(11-28)9-15(10-14)31-2)22(30)21-19(26-32-27-21)16-5-3-4-6-17(16)23/h3-10,20,25,28H,11,24H2,1-2H3. The summed E-state index contributed by atoms with van der Waals surface area (Å²) < 4.78 is 27.7. The van der Waals surface area contributed by atoms with Gasteiger partial charge in [0.1, 0.15) is 23.3 Å². The minimum atomic E-state index is -1.20. The third-order valence-corrected chi connectivity index (χ3v) is 5.04. The van der Waals surface area contributed by atoms with E-state index in [1.54, 1.807) is 24.3 Å². The molecular weight excluding hydrogens is 435 g/mol. The Kier molecular flexibility index (Phi) is 7.29. The van der Waals surface area contributed by atoms with Crippen molar-refractivity contribution in [3.63, 3.8) is 0 Å². The molecule has 10 heteroatoms. The lowest BCUT2D eigenvalue weighted by atomic mass is 10.0. The number of hydrogen-bond acceptors (Lipinski definition) is 9. The summed E-state index contributed by atoms with van der Waals surface area (Å²) in [7, 11) is 1.47. The van der Waals surface area contributed by atoms with E-state index >= 15 is 0 Å². The van der Waals surface area contributed by atoms with Crippen LogP contribution in [0, 0.1) is 5.82 Å². The van der Waals surface area contributed by atoms with Crippen LogP contribution in [0.5, 0.6) is 5.75 Å². The fourth-order valence-electron chi connectivity index (χ4n) is 3.06. The number of methoxy groups -OCH3 is 1. The number of nitrogens with zero attached hydrogens (tertiary/aromatic N) is 2. The van der Waals surface area contributed by atoms with Crippen molar-refractivity contribution < 1.29 is 23.8 Å². The van der Waals surface area contributed by atoms with Crippen LogP contribution in [0.2, 0.25) is 0 Å². The maximum Gasteiger partial charge on any atom is 0.212 e. The number of rotatable bonds is 9. The minimum Gasteiger partial charge on any atom is -0.497 e. The van der Waals surface area contributed by atoms with Gasteiger partial charge in [0.25, 0.3) is 0 Å². The minimum absolute atomic E-state index is 0.0525. The van der Waals surface area contributed by atoms with E-state index < -0.39 is 17.6 Å². The molecule has 1 atom stereocenters. The van der Waals surface area contributed by atoms with E-state index in [9.17, 15) is 19.1 Å². The second-order valence-corrected chi connectivity index (χ2v) is 7.39. The smallest absolute Gasteiger partial charge is 0.212 e. The third kappa shape index (κ3) is 5.16. The van der Waals surface area contributed by atoms with Gasteiger partial charge in [-0.1, -0.05) is 12.1 Å². The Morgan fingerprint density at radius 2 is 2.03 bits per heavy atom. The number of carbonyl (C=O) groups is 2. The maximum absolute atomic E-state index is 14.3. The van der Waals surface area contributed by atoms with Crippen molar-refractivity contribution in [3.05, 3.63) is 71.3 Å². The van der Waals surface area contributed by atoms with Crippen molar-refractivity contribution in [3.8, 4) is 17.0 Å². The molecule has 0 fully saturated rings. The summed E-state index contributed by atoms with van der Waals surface area (Å²) in [6, 6.07) is 9.56. The number of Topliss-reactive ketones (excluding diaryl/α,β-unsaturated/α-hetero) is 1.